The minimum atomic E-state index is -2.59. The molecular weight excluding hydrogens is 250 g/mol. The smallest absolute Gasteiger partial charge is 0.257 e. The molecule has 104 valence electrons. The maximum absolute atomic E-state index is 14.2. The van der Waals surface area contributed by atoms with E-state index in [1.54, 1.807) is 0 Å². The number of aryl methyl sites for hydroxylation is 1. The first kappa shape index (κ1) is 12.7. The molecule has 0 aliphatic carbocycles. The summed E-state index contributed by atoms with van der Waals surface area (Å²) in [5.41, 5.74) is -0.111. The van der Waals surface area contributed by atoms with Gasteiger partial charge in [0.25, 0.3) is 5.92 Å². The fourth-order valence-corrected chi connectivity index (χ4v) is 3.04. The van der Waals surface area contributed by atoms with E-state index in [4.69, 9.17) is 0 Å². The van der Waals surface area contributed by atoms with Gasteiger partial charge >= 0.3 is 0 Å². The van der Waals surface area contributed by atoms with E-state index >= 15 is 0 Å². The van der Waals surface area contributed by atoms with Gasteiger partial charge in [0.1, 0.15) is 0 Å². The highest BCUT2D eigenvalue weighted by molar-refractivity contribution is 5.40. The van der Waals surface area contributed by atoms with Gasteiger partial charge in [-0.05, 0) is 25.5 Å². The normalized spacial score (nSPS) is 29.9. The SMILES string of the molecule is Cc1ccc(N2CCC3(CNCCC3(F)F)C2)nn1. The molecule has 0 aromatic carbocycles. The molecule has 2 fully saturated rings. The van der Waals surface area contributed by atoms with Crippen molar-refractivity contribution >= 4 is 5.82 Å². The van der Waals surface area contributed by atoms with Crippen LogP contribution >= 0.6 is 0 Å². The molecule has 0 amide bonds. The molecule has 3 heterocycles. The highest BCUT2D eigenvalue weighted by Gasteiger charge is 2.57. The van der Waals surface area contributed by atoms with E-state index in [2.05, 4.69) is 15.5 Å². The minimum absolute atomic E-state index is 0.0690. The van der Waals surface area contributed by atoms with Gasteiger partial charge in [-0.2, -0.15) is 5.10 Å². The molecule has 4 nitrogen and oxygen atoms in total. The van der Waals surface area contributed by atoms with Crippen LogP contribution in [0.25, 0.3) is 0 Å². The number of hydrogen-bond acceptors (Lipinski definition) is 4. The van der Waals surface area contributed by atoms with Crippen LogP contribution < -0.4 is 10.2 Å². The number of hydrogen-bond donors (Lipinski definition) is 1. The molecule has 6 heteroatoms. The zero-order valence-corrected chi connectivity index (χ0v) is 11.0. The lowest BCUT2D eigenvalue weighted by Gasteiger charge is -2.41. The molecule has 1 spiro atoms. The van der Waals surface area contributed by atoms with Crippen LogP contribution in [0.5, 0.6) is 0 Å². The summed E-state index contributed by atoms with van der Waals surface area (Å²) in [5, 5.41) is 11.2. The lowest BCUT2D eigenvalue weighted by molar-refractivity contribution is -0.131. The molecule has 1 atom stereocenters. The first-order valence-electron chi connectivity index (χ1n) is 6.66. The van der Waals surface area contributed by atoms with Gasteiger partial charge in [0.2, 0.25) is 0 Å². The van der Waals surface area contributed by atoms with E-state index in [0.717, 1.165) is 5.69 Å². The predicted octanol–water partition coefficient (Wildman–Crippen LogP) is 1.61. The summed E-state index contributed by atoms with van der Waals surface area (Å²) in [6, 6.07) is 3.72. The van der Waals surface area contributed by atoms with Crippen LogP contribution in [0.15, 0.2) is 12.1 Å². The summed E-state index contributed by atoms with van der Waals surface area (Å²) in [6.07, 6.45) is 0.434. The van der Waals surface area contributed by atoms with Crippen molar-refractivity contribution < 1.29 is 8.78 Å². The van der Waals surface area contributed by atoms with E-state index in [0.29, 0.717) is 38.4 Å². The number of nitrogens with one attached hydrogen (secondary N) is 1. The van der Waals surface area contributed by atoms with Crippen LogP contribution in [0, 0.1) is 12.3 Å². The number of alkyl halides is 2. The van der Waals surface area contributed by atoms with Crippen LogP contribution in [-0.4, -0.2) is 42.3 Å². The molecule has 2 aliphatic rings. The van der Waals surface area contributed by atoms with Crippen LogP contribution in [0.4, 0.5) is 14.6 Å². The number of piperidine rings is 1. The Balaban J connectivity index is 1.81. The summed E-state index contributed by atoms with van der Waals surface area (Å²) in [4.78, 5) is 1.92. The van der Waals surface area contributed by atoms with Crippen LogP contribution in [-0.2, 0) is 0 Å². The maximum atomic E-state index is 14.2. The average Bonchev–Trinajstić information content (AvgIpc) is 2.80. The monoisotopic (exact) mass is 268 g/mol. The Bertz CT molecular complexity index is 462. The zero-order valence-electron chi connectivity index (χ0n) is 11.0. The van der Waals surface area contributed by atoms with Crippen molar-refractivity contribution in [3.63, 3.8) is 0 Å². The Kier molecular flexibility index (Phi) is 2.92. The lowest BCUT2D eigenvalue weighted by atomic mass is 9.76. The quantitative estimate of drug-likeness (QED) is 0.840. The van der Waals surface area contributed by atoms with Crippen molar-refractivity contribution in [1.29, 1.82) is 0 Å². The van der Waals surface area contributed by atoms with E-state index in [9.17, 15) is 8.78 Å². The van der Waals surface area contributed by atoms with Gasteiger partial charge in [-0.3, -0.25) is 0 Å². The average molecular weight is 268 g/mol. The van der Waals surface area contributed by atoms with Crippen LogP contribution in [0.3, 0.4) is 0 Å². The number of aromatic nitrogens is 2. The lowest BCUT2D eigenvalue weighted by Crippen LogP contribution is -2.55. The fourth-order valence-electron chi connectivity index (χ4n) is 3.04. The van der Waals surface area contributed by atoms with Crippen LogP contribution in [0.2, 0.25) is 0 Å². The molecule has 19 heavy (non-hydrogen) atoms. The molecule has 0 saturated carbocycles. The Labute approximate surface area is 111 Å². The van der Waals surface area contributed by atoms with Crippen molar-refractivity contribution in [2.45, 2.75) is 25.7 Å². The van der Waals surface area contributed by atoms with Crippen molar-refractivity contribution in [2.75, 3.05) is 31.1 Å². The topological polar surface area (TPSA) is 41.0 Å². The number of anilines is 1. The minimum Gasteiger partial charge on any atom is -0.354 e. The van der Waals surface area contributed by atoms with Crippen LogP contribution in [0.1, 0.15) is 18.5 Å². The Hall–Kier alpha value is -1.30. The second kappa shape index (κ2) is 4.37. The van der Waals surface area contributed by atoms with Gasteiger partial charge in [0.05, 0.1) is 11.1 Å². The molecule has 2 saturated heterocycles. The molecule has 3 rings (SSSR count). The third-order valence-electron chi connectivity index (χ3n) is 4.32. The summed E-state index contributed by atoms with van der Waals surface area (Å²) in [7, 11) is 0. The Morgan fingerprint density at radius 3 is 2.79 bits per heavy atom. The largest absolute Gasteiger partial charge is 0.354 e. The summed E-state index contributed by atoms with van der Waals surface area (Å²) in [5.74, 6) is -1.89. The fraction of sp³-hybridized carbons (Fsp3) is 0.692. The molecule has 1 aromatic heterocycles. The molecule has 1 N–H and O–H groups in total. The summed E-state index contributed by atoms with van der Waals surface area (Å²) in [6.45, 7) is 3.62. The first-order chi connectivity index (χ1) is 9.02. The van der Waals surface area contributed by atoms with E-state index < -0.39 is 11.3 Å². The van der Waals surface area contributed by atoms with Gasteiger partial charge in [-0.25, -0.2) is 8.78 Å². The summed E-state index contributed by atoms with van der Waals surface area (Å²) < 4.78 is 28.4. The second-order valence-electron chi connectivity index (χ2n) is 5.62. The number of rotatable bonds is 1. The molecule has 1 aromatic rings. The molecule has 0 bridgehead atoms. The van der Waals surface area contributed by atoms with Crippen molar-refractivity contribution in [3.8, 4) is 0 Å². The molecular formula is C13H18F2N4. The van der Waals surface area contributed by atoms with E-state index in [-0.39, 0.29) is 6.42 Å². The standard InChI is InChI=1S/C13H18F2N4/c1-10-2-3-11(18-17-10)19-7-5-12(9-19)8-16-6-4-13(12,14)15/h2-3,16H,4-9H2,1H3. The highest BCUT2D eigenvalue weighted by Crippen LogP contribution is 2.48. The first-order valence-corrected chi connectivity index (χ1v) is 6.66. The molecule has 2 aliphatic heterocycles. The molecule has 0 radical (unpaired) electrons. The van der Waals surface area contributed by atoms with Gasteiger partial charge in [-0.15, -0.1) is 5.10 Å². The van der Waals surface area contributed by atoms with Gasteiger partial charge in [-0.1, -0.05) is 0 Å². The molecule has 1 unspecified atom stereocenters. The number of nitrogens with zero attached hydrogens (tertiary/aromatic N) is 3. The van der Waals surface area contributed by atoms with Gasteiger partial charge in [0, 0.05) is 32.6 Å². The zero-order chi connectivity index (χ0) is 13.5. The van der Waals surface area contributed by atoms with Crippen molar-refractivity contribution in [1.82, 2.24) is 15.5 Å². The van der Waals surface area contributed by atoms with E-state index in [1.165, 1.54) is 0 Å². The third kappa shape index (κ3) is 2.08. The van der Waals surface area contributed by atoms with Gasteiger partial charge < -0.3 is 10.2 Å². The third-order valence-corrected chi connectivity index (χ3v) is 4.32. The maximum Gasteiger partial charge on any atom is 0.257 e. The van der Waals surface area contributed by atoms with Crippen molar-refractivity contribution in [2.24, 2.45) is 5.41 Å². The highest BCUT2D eigenvalue weighted by atomic mass is 19.3. The Morgan fingerprint density at radius 1 is 1.26 bits per heavy atom. The second-order valence-corrected chi connectivity index (χ2v) is 5.62. The van der Waals surface area contributed by atoms with Gasteiger partial charge in [0.15, 0.2) is 5.82 Å². The van der Waals surface area contributed by atoms with E-state index in [1.807, 2.05) is 24.0 Å². The number of halogens is 2. The summed E-state index contributed by atoms with van der Waals surface area (Å²) >= 11 is 0. The predicted molar refractivity (Wildman–Crippen MR) is 68.5 cm³/mol. The van der Waals surface area contributed by atoms with Crippen molar-refractivity contribution in [3.05, 3.63) is 17.8 Å². The Morgan fingerprint density at radius 2 is 2.11 bits per heavy atom.